The molecule has 1 aromatic carbocycles. The third kappa shape index (κ3) is 4.67. The van der Waals surface area contributed by atoms with E-state index in [2.05, 4.69) is 32.9 Å². The molecule has 0 aliphatic rings. The molecule has 1 aromatic rings. The fourth-order valence-corrected chi connectivity index (χ4v) is 2.22. The Labute approximate surface area is 97.6 Å². The Balaban J connectivity index is 2.64. The molecule has 2 heteroatoms. The summed E-state index contributed by atoms with van der Waals surface area (Å²) in [5.74, 6) is 0. The molecule has 15 heavy (non-hydrogen) atoms. The Hall–Kier alpha value is -0.530. The van der Waals surface area contributed by atoms with Gasteiger partial charge in [-0.25, -0.2) is 0 Å². The van der Waals surface area contributed by atoms with E-state index in [4.69, 9.17) is 17.3 Å². The summed E-state index contributed by atoms with van der Waals surface area (Å²) < 4.78 is 0. The van der Waals surface area contributed by atoms with Crippen LogP contribution in [-0.2, 0) is 6.42 Å². The van der Waals surface area contributed by atoms with Gasteiger partial charge in [-0.15, -0.1) is 0 Å². The second-order valence-corrected chi connectivity index (χ2v) is 5.59. The van der Waals surface area contributed by atoms with Crippen LogP contribution in [0.15, 0.2) is 24.3 Å². The molecule has 0 amide bonds. The molecule has 0 aliphatic heterocycles. The van der Waals surface area contributed by atoms with E-state index in [1.54, 1.807) is 0 Å². The van der Waals surface area contributed by atoms with Gasteiger partial charge in [0.1, 0.15) is 0 Å². The first-order valence-corrected chi connectivity index (χ1v) is 5.77. The molecule has 1 atom stereocenters. The third-order valence-corrected chi connectivity index (χ3v) is 2.72. The first-order valence-electron chi connectivity index (χ1n) is 5.39. The molecule has 2 N–H and O–H groups in total. The number of hydrogen-bond donors (Lipinski definition) is 1. The fourth-order valence-electron chi connectivity index (χ4n) is 2.10. The summed E-state index contributed by atoms with van der Waals surface area (Å²) in [5.41, 5.74) is 7.41. The Kier molecular flexibility index (Phi) is 4.18. The number of nitrogens with two attached hydrogens (primary N) is 1. The van der Waals surface area contributed by atoms with Crippen molar-refractivity contribution in [3.8, 4) is 0 Å². The first kappa shape index (κ1) is 12.5. The lowest BCUT2D eigenvalue weighted by Crippen LogP contribution is -2.26. The van der Waals surface area contributed by atoms with Gasteiger partial charge in [0.15, 0.2) is 0 Å². The summed E-state index contributed by atoms with van der Waals surface area (Å²) in [6.07, 6.45) is 2.08. The van der Waals surface area contributed by atoms with Crippen LogP contribution in [0, 0.1) is 5.41 Å². The van der Waals surface area contributed by atoms with Gasteiger partial charge in [-0.2, -0.15) is 0 Å². The van der Waals surface area contributed by atoms with Crippen molar-refractivity contribution in [3.05, 3.63) is 34.9 Å². The SMILES string of the molecule is CC(N)CC(C)(C)Cc1ccc(Cl)cc1. The molecule has 1 unspecified atom stereocenters. The van der Waals surface area contributed by atoms with Gasteiger partial charge in [-0.05, 0) is 42.9 Å². The second kappa shape index (κ2) is 5.00. The molecule has 0 radical (unpaired) electrons. The topological polar surface area (TPSA) is 26.0 Å². The zero-order valence-corrected chi connectivity index (χ0v) is 10.5. The Morgan fingerprint density at radius 2 is 1.80 bits per heavy atom. The summed E-state index contributed by atoms with van der Waals surface area (Å²) >= 11 is 5.85. The van der Waals surface area contributed by atoms with Gasteiger partial charge in [0, 0.05) is 11.1 Å². The molecule has 0 saturated carbocycles. The third-order valence-electron chi connectivity index (χ3n) is 2.47. The molecule has 0 spiro atoms. The maximum absolute atomic E-state index is 5.85. The number of benzene rings is 1. The highest BCUT2D eigenvalue weighted by atomic mass is 35.5. The zero-order chi connectivity index (χ0) is 11.5. The zero-order valence-electron chi connectivity index (χ0n) is 9.76. The molecule has 84 valence electrons. The molecule has 0 saturated heterocycles. The Morgan fingerprint density at radius 1 is 1.27 bits per heavy atom. The smallest absolute Gasteiger partial charge is 0.0406 e. The Morgan fingerprint density at radius 3 is 2.27 bits per heavy atom. The highest BCUT2D eigenvalue weighted by Crippen LogP contribution is 2.27. The predicted octanol–water partition coefficient (Wildman–Crippen LogP) is 3.65. The normalized spacial score (nSPS) is 13.9. The minimum absolute atomic E-state index is 0.252. The molecule has 0 fully saturated rings. The van der Waals surface area contributed by atoms with E-state index in [1.165, 1.54) is 5.56 Å². The van der Waals surface area contributed by atoms with E-state index in [-0.39, 0.29) is 11.5 Å². The van der Waals surface area contributed by atoms with Crippen molar-refractivity contribution in [1.29, 1.82) is 0 Å². The van der Waals surface area contributed by atoms with Crippen LogP contribution in [0.4, 0.5) is 0 Å². The van der Waals surface area contributed by atoms with E-state index in [9.17, 15) is 0 Å². The van der Waals surface area contributed by atoms with E-state index in [0.717, 1.165) is 17.9 Å². The average Bonchev–Trinajstić information content (AvgIpc) is 2.06. The van der Waals surface area contributed by atoms with Gasteiger partial charge in [0.2, 0.25) is 0 Å². The minimum atomic E-state index is 0.252. The molecule has 1 nitrogen and oxygen atoms in total. The van der Waals surface area contributed by atoms with Crippen LogP contribution in [0.5, 0.6) is 0 Å². The number of rotatable bonds is 4. The van der Waals surface area contributed by atoms with Crippen molar-refractivity contribution >= 4 is 11.6 Å². The van der Waals surface area contributed by atoms with Gasteiger partial charge >= 0.3 is 0 Å². The van der Waals surface area contributed by atoms with E-state index >= 15 is 0 Å². The van der Waals surface area contributed by atoms with Crippen molar-refractivity contribution in [1.82, 2.24) is 0 Å². The van der Waals surface area contributed by atoms with Crippen LogP contribution in [0.2, 0.25) is 5.02 Å². The molecule has 0 aliphatic carbocycles. The van der Waals surface area contributed by atoms with Crippen LogP contribution in [0.1, 0.15) is 32.8 Å². The quantitative estimate of drug-likeness (QED) is 0.832. The average molecular weight is 226 g/mol. The molecular weight excluding hydrogens is 206 g/mol. The van der Waals surface area contributed by atoms with Crippen molar-refractivity contribution in [3.63, 3.8) is 0 Å². The van der Waals surface area contributed by atoms with Crippen LogP contribution in [0.3, 0.4) is 0 Å². The van der Waals surface area contributed by atoms with Gasteiger partial charge in [0.05, 0.1) is 0 Å². The Bertz CT molecular complexity index is 301. The van der Waals surface area contributed by atoms with Crippen molar-refractivity contribution in [2.75, 3.05) is 0 Å². The largest absolute Gasteiger partial charge is 0.328 e. The second-order valence-electron chi connectivity index (χ2n) is 5.15. The lowest BCUT2D eigenvalue weighted by molar-refractivity contribution is 0.309. The van der Waals surface area contributed by atoms with Gasteiger partial charge in [-0.1, -0.05) is 37.6 Å². The number of halogens is 1. The van der Waals surface area contributed by atoms with Crippen molar-refractivity contribution in [2.45, 2.75) is 39.7 Å². The summed E-state index contributed by atoms with van der Waals surface area (Å²) in [5, 5.41) is 0.795. The van der Waals surface area contributed by atoms with E-state index in [1.807, 2.05) is 12.1 Å². The summed E-state index contributed by atoms with van der Waals surface area (Å²) in [7, 11) is 0. The molecule has 0 aromatic heterocycles. The monoisotopic (exact) mass is 225 g/mol. The van der Waals surface area contributed by atoms with Crippen molar-refractivity contribution in [2.24, 2.45) is 11.1 Å². The van der Waals surface area contributed by atoms with Gasteiger partial charge < -0.3 is 5.73 Å². The van der Waals surface area contributed by atoms with Crippen LogP contribution < -0.4 is 5.73 Å². The molecule has 0 heterocycles. The summed E-state index contributed by atoms with van der Waals surface area (Å²) in [6.45, 7) is 6.57. The summed E-state index contributed by atoms with van der Waals surface area (Å²) in [4.78, 5) is 0. The standard InChI is InChI=1S/C13H20ClN/c1-10(15)8-13(2,3)9-11-4-6-12(14)7-5-11/h4-7,10H,8-9,15H2,1-3H3. The lowest BCUT2D eigenvalue weighted by atomic mass is 9.80. The van der Waals surface area contributed by atoms with Crippen LogP contribution in [0.25, 0.3) is 0 Å². The predicted molar refractivity (Wildman–Crippen MR) is 67.2 cm³/mol. The highest BCUT2D eigenvalue weighted by molar-refractivity contribution is 6.30. The van der Waals surface area contributed by atoms with E-state index < -0.39 is 0 Å². The summed E-state index contributed by atoms with van der Waals surface area (Å²) in [6, 6.07) is 8.32. The minimum Gasteiger partial charge on any atom is -0.328 e. The van der Waals surface area contributed by atoms with Crippen molar-refractivity contribution < 1.29 is 0 Å². The molecular formula is C13H20ClN. The van der Waals surface area contributed by atoms with Gasteiger partial charge in [0.25, 0.3) is 0 Å². The molecule has 0 bridgehead atoms. The maximum Gasteiger partial charge on any atom is 0.0406 e. The van der Waals surface area contributed by atoms with E-state index in [0.29, 0.717) is 0 Å². The number of hydrogen-bond acceptors (Lipinski definition) is 1. The van der Waals surface area contributed by atoms with Crippen LogP contribution >= 0.6 is 11.6 Å². The first-order chi connectivity index (χ1) is 6.89. The van der Waals surface area contributed by atoms with Gasteiger partial charge in [-0.3, -0.25) is 0 Å². The molecule has 1 rings (SSSR count). The van der Waals surface area contributed by atoms with Crippen LogP contribution in [-0.4, -0.2) is 6.04 Å². The maximum atomic E-state index is 5.85. The fraction of sp³-hybridized carbons (Fsp3) is 0.538. The lowest BCUT2D eigenvalue weighted by Gasteiger charge is -2.26. The highest BCUT2D eigenvalue weighted by Gasteiger charge is 2.19.